The van der Waals surface area contributed by atoms with Gasteiger partial charge in [-0.1, -0.05) is 0 Å². The maximum Gasteiger partial charge on any atom is 0.193 e. The second-order valence-corrected chi connectivity index (χ2v) is 8.19. The molecule has 1 aliphatic rings. The highest BCUT2D eigenvalue weighted by atomic mass is 127. The first-order valence-corrected chi connectivity index (χ1v) is 9.16. The smallest absolute Gasteiger partial charge is 0.193 e. The van der Waals surface area contributed by atoms with Crippen LogP contribution in [0.15, 0.2) is 11.2 Å². The molecule has 0 atom stereocenters. The summed E-state index contributed by atoms with van der Waals surface area (Å²) in [6.45, 7) is 12.8. The number of nitrogens with one attached hydrogen (secondary N) is 2. The Labute approximate surface area is 161 Å². The summed E-state index contributed by atoms with van der Waals surface area (Å²) in [5.41, 5.74) is 2.47. The van der Waals surface area contributed by atoms with E-state index in [1.165, 1.54) is 17.0 Å². The Balaban J connectivity index is 0.00000264. The summed E-state index contributed by atoms with van der Waals surface area (Å²) in [4.78, 5) is 7.23. The van der Waals surface area contributed by atoms with Crippen LogP contribution in [0.25, 0.3) is 0 Å². The summed E-state index contributed by atoms with van der Waals surface area (Å²) in [6, 6.07) is 0. The van der Waals surface area contributed by atoms with Gasteiger partial charge in [0.05, 0.1) is 6.20 Å². The van der Waals surface area contributed by atoms with Gasteiger partial charge in [0.2, 0.25) is 0 Å². The van der Waals surface area contributed by atoms with Crippen molar-refractivity contribution in [1.82, 2.24) is 20.4 Å². The highest BCUT2D eigenvalue weighted by molar-refractivity contribution is 14.0. The molecule has 1 aromatic rings. The normalized spacial score (nSPS) is 17.7. The minimum Gasteiger partial charge on any atom is -0.357 e. The molecule has 0 unspecified atom stereocenters. The summed E-state index contributed by atoms with van der Waals surface area (Å²) in [6.07, 6.45) is 4.02. The van der Waals surface area contributed by atoms with Crippen molar-refractivity contribution in [2.75, 3.05) is 31.9 Å². The van der Waals surface area contributed by atoms with E-state index in [1.54, 1.807) is 0 Å². The van der Waals surface area contributed by atoms with Crippen LogP contribution in [0, 0.1) is 6.92 Å². The van der Waals surface area contributed by atoms with E-state index in [0.29, 0.717) is 4.75 Å². The van der Waals surface area contributed by atoms with Gasteiger partial charge in [0, 0.05) is 42.4 Å². The average Bonchev–Trinajstić information content (AvgIpc) is 2.86. The number of aromatic nitrogens is 2. The predicted octanol–water partition coefficient (Wildman–Crippen LogP) is 3.06. The minimum absolute atomic E-state index is 0. The van der Waals surface area contributed by atoms with Crippen molar-refractivity contribution in [2.24, 2.45) is 4.99 Å². The third-order valence-electron chi connectivity index (χ3n) is 3.86. The molecule has 1 aromatic heterocycles. The SMILES string of the molecule is CCNC(=NCCCc1cn[nH]c1C)N1CCSC(C)(C)C1.I. The fraction of sp³-hybridized carbons (Fsp3) is 0.750. The molecule has 0 amide bonds. The molecule has 0 aliphatic carbocycles. The Hall–Kier alpha value is -0.440. The number of guanidine groups is 1. The minimum atomic E-state index is 0. The first-order valence-electron chi connectivity index (χ1n) is 8.18. The van der Waals surface area contributed by atoms with Gasteiger partial charge >= 0.3 is 0 Å². The lowest BCUT2D eigenvalue weighted by Crippen LogP contribution is -2.51. The fourth-order valence-corrected chi connectivity index (χ4v) is 3.82. The Morgan fingerprint density at radius 3 is 2.91 bits per heavy atom. The Morgan fingerprint density at radius 2 is 2.30 bits per heavy atom. The van der Waals surface area contributed by atoms with Gasteiger partial charge in [0.1, 0.15) is 0 Å². The van der Waals surface area contributed by atoms with E-state index < -0.39 is 0 Å². The van der Waals surface area contributed by atoms with Gasteiger partial charge in [-0.25, -0.2) is 0 Å². The maximum absolute atomic E-state index is 4.82. The molecule has 0 saturated carbocycles. The second kappa shape index (κ2) is 9.76. The van der Waals surface area contributed by atoms with E-state index in [1.807, 2.05) is 6.20 Å². The zero-order valence-electron chi connectivity index (χ0n) is 14.7. The number of rotatable bonds is 5. The van der Waals surface area contributed by atoms with Crippen LogP contribution in [0.3, 0.4) is 0 Å². The lowest BCUT2D eigenvalue weighted by atomic mass is 10.1. The van der Waals surface area contributed by atoms with Crippen LogP contribution in [0.2, 0.25) is 0 Å². The van der Waals surface area contributed by atoms with Crippen LogP contribution in [-0.2, 0) is 6.42 Å². The molecule has 7 heteroatoms. The third-order valence-corrected chi connectivity index (χ3v) is 5.16. The third kappa shape index (κ3) is 6.52. The van der Waals surface area contributed by atoms with Crippen LogP contribution >= 0.6 is 35.7 Å². The molecule has 2 N–H and O–H groups in total. The number of thioether (sulfide) groups is 1. The van der Waals surface area contributed by atoms with Crippen molar-refractivity contribution in [3.63, 3.8) is 0 Å². The number of aromatic amines is 1. The quantitative estimate of drug-likeness (QED) is 0.313. The summed E-state index contributed by atoms with van der Waals surface area (Å²) in [5, 5.41) is 10.5. The van der Waals surface area contributed by atoms with Crippen LogP contribution in [0.1, 0.15) is 38.4 Å². The van der Waals surface area contributed by atoms with Crippen molar-refractivity contribution in [3.8, 4) is 0 Å². The molecule has 2 heterocycles. The maximum atomic E-state index is 4.82. The van der Waals surface area contributed by atoms with E-state index in [2.05, 4.69) is 59.9 Å². The van der Waals surface area contributed by atoms with E-state index in [4.69, 9.17) is 4.99 Å². The number of H-pyrrole nitrogens is 1. The fourth-order valence-electron chi connectivity index (χ4n) is 2.71. The molecule has 0 spiro atoms. The van der Waals surface area contributed by atoms with Gasteiger partial charge in [0.25, 0.3) is 0 Å². The predicted molar refractivity (Wildman–Crippen MR) is 111 cm³/mol. The monoisotopic (exact) mass is 451 g/mol. The molecule has 0 aromatic carbocycles. The summed E-state index contributed by atoms with van der Waals surface area (Å²) in [5.74, 6) is 2.24. The Bertz CT molecular complexity index is 500. The van der Waals surface area contributed by atoms with Gasteiger partial charge in [-0.15, -0.1) is 24.0 Å². The first-order chi connectivity index (χ1) is 10.5. The largest absolute Gasteiger partial charge is 0.357 e. The van der Waals surface area contributed by atoms with Crippen LogP contribution in [-0.4, -0.2) is 57.7 Å². The zero-order chi connectivity index (χ0) is 16.0. The standard InChI is InChI=1S/C16H29N5S.HI/c1-5-17-15(21-9-10-22-16(3,4)12-21)18-8-6-7-14-11-19-20-13(14)2;/h11H,5-10,12H2,1-4H3,(H,17,18)(H,19,20);1H. The number of aryl methyl sites for hydroxylation is 2. The highest BCUT2D eigenvalue weighted by Crippen LogP contribution is 2.29. The molecule has 2 rings (SSSR count). The lowest BCUT2D eigenvalue weighted by molar-refractivity contribution is 0.376. The van der Waals surface area contributed by atoms with E-state index in [0.717, 1.165) is 45.0 Å². The number of aliphatic imine (C=N–C) groups is 1. The van der Waals surface area contributed by atoms with Crippen molar-refractivity contribution in [1.29, 1.82) is 0 Å². The van der Waals surface area contributed by atoms with Crippen LogP contribution in [0.4, 0.5) is 0 Å². The van der Waals surface area contributed by atoms with Crippen molar-refractivity contribution in [2.45, 2.75) is 45.3 Å². The summed E-state index contributed by atoms with van der Waals surface area (Å²) in [7, 11) is 0. The molecule has 1 aliphatic heterocycles. The van der Waals surface area contributed by atoms with Gasteiger partial charge in [-0.05, 0) is 46.1 Å². The van der Waals surface area contributed by atoms with Crippen molar-refractivity contribution in [3.05, 3.63) is 17.5 Å². The average molecular weight is 451 g/mol. The van der Waals surface area contributed by atoms with Gasteiger partial charge in [0.15, 0.2) is 5.96 Å². The van der Waals surface area contributed by atoms with Crippen LogP contribution < -0.4 is 5.32 Å². The van der Waals surface area contributed by atoms with E-state index >= 15 is 0 Å². The highest BCUT2D eigenvalue weighted by Gasteiger charge is 2.28. The zero-order valence-corrected chi connectivity index (χ0v) is 17.8. The lowest BCUT2D eigenvalue weighted by Gasteiger charge is -2.39. The molecule has 1 saturated heterocycles. The summed E-state index contributed by atoms with van der Waals surface area (Å²) < 4.78 is 0.308. The van der Waals surface area contributed by atoms with Crippen LogP contribution in [0.5, 0.6) is 0 Å². The van der Waals surface area contributed by atoms with Gasteiger partial charge in [-0.3, -0.25) is 10.1 Å². The Morgan fingerprint density at radius 1 is 1.52 bits per heavy atom. The van der Waals surface area contributed by atoms with Gasteiger partial charge < -0.3 is 10.2 Å². The molecule has 1 fully saturated rings. The molecular formula is C16H30IN5S. The number of nitrogens with zero attached hydrogens (tertiary/aromatic N) is 3. The topological polar surface area (TPSA) is 56.3 Å². The Kier molecular flexibility index (Phi) is 8.74. The molecule has 0 bridgehead atoms. The molecule has 5 nitrogen and oxygen atoms in total. The van der Waals surface area contributed by atoms with E-state index in [9.17, 15) is 0 Å². The molecular weight excluding hydrogens is 421 g/mol. The molecule has 23 heavy (non-hydrogen) atoms. The van der Waals surface area contributed by atoms with Crippen molar-refractivity contribution >= 4 is 41.7 Å². The number of hydrogen-bond acceptors (Lipinski definition) is 3. The van der Waals surface area contributed by atoms with Crippen molar-refractivity contribution < 1.29 is 0 Å². The molecule has 132 valence electrons. The molecule has 0 radical (unpaired) electrons. The number of halogens is 1. The number of hydrogen-bond donors (Lipinski definition) is 2. The summed E-state index contributed by atoms with van der Waals surface area (Å²) >= 11 is 2.05. The first kappa shape index (κ1) is 20.6. The second-order valence-electron chi connectivity index (χ2n) is 6.39. The van der Waals surface area contributed by atoms with Gasteiger partial charge in [-0.2, -0.15) is 16.9 Å². The van der Waals surface area contributed by atoms with E-state index in [-0.39, 0.29) is 24.0 Å².